The van der Waals surface area contributed by atoms with Crippen LogP contribution in [0.3, 0.4) is 0 Å². The van der Waals surface area contributed by atoms with Gasteiger partial charge in [-0.2, -0.15) is 17.7 Å². The molecule has 5 heteroatoms. The predicted octanol–water partition coefficient (Wildman–Crippen LogP) is 1.58. The largest absolute Gasteiger partial charge is 0.384 e. The fraction of sp³-hybridized carbons (Fsp3) is 1.00. The Bertz CT molecular complexity index is 241. The quantitative estimate of drug-likeness (QED) is 0.432. The molecule has 1 rings (SSSR count). The summed E-state index contributed by atoms with van der Waals surface area (Å²) in [5, 5.41) is 2.37. The molecule has 0 amide bonds. The molecule has 0 bridgehead atoms. The molecular weight excluding hydrogens is 245 g/mol. The second-order valence-corrected chi connectivity index (χ2v) is 6.95. The van der Waals surface area contributed by atoms with Crippen molar-refractivity contribution in [3.05, 3.63) is 0 Å². The van der Waals surface area contributed by atoms with E-state index in [-0.39, 0.29) is 0 Å². The van der Waals surface area contributed by atoms with Crippen LogP contribution < -0.4 is 0 Å². The lowest BCUT2D eigenvalue weighted by Gasteiger charge is -2.25. The number of thiol groups is 1. The second kappa shape index (κ2) is 7.78. The topological polar surface area (TPSA) is 21.7 Å². The first kappa shape index (κ1) is 16.3. The van der Waals surface area contributed by atoms with Gasteiger partial charge in [-0.3, -0.25) is 4.84 Å². The summed E-state index contributed by atoms with van der Waals surface area (Å²) in [6.45, 7) is 8.20. The van der Waals surface area contributed by atoms with Crippen molar-refractivity contribution in [3.63, 3.8) is 0 Å². The minimum atomic E-state index is 0.331. The molecule has 2 unspecified atom stereocenters. The fourth-order valence-corrected chi connectivity index (χ4v) is 2.69. The highest BCUT2D eigenvalue weighted by Crippen LogP contribution is 2.29. The Hall–Kier alpha value is 0.295. The van der Waals surface area contributed by atoms with Crippen LogP contribution in [0.2, 0.25) is 0 Å². The molecule has 0 aromatic rings. The molecule has 1 saturated heterocycles. The van der Waals surface area contributed by atoms with Gasteiger partial charge in [0.05, 0.1) is 12.7 Å². The summed E-state index contributed by atoms with van der Waals surface area (Å²) in [4.78, 5) is 5.71. The van der Waals surface area contributed by atoms with Gasteiger partial charge in [0.1, 0.15) is 7.85 Å². The number of nitrogens with zero attached hydrogens (tertiary/aromatic N) is 1. The Labute approximate surface area is 118 Å². The summed E-state index contributed by atoms with van der Waals surface area (Å²) in [6, 6.07) is 0.366. The maximum atomic E-state index is 5.98. The van der Waals surface area contributed by atoms with Crippen LogP contribution in [0.4, 0.5) is 0 Å². The lowest BCUT2D eigenvalue weighted by atomic mass is 9.89. The SMILES string of the molecule is B[C@H]1CC(CN(C)OCC(C)C)[C@@H](CC(C)S)O1. The van der Waals surface area contributed by atoms with E-state index in [2.05, 4.69) is 41.2 Å². The molecule has 4 atom stereocenters. The van der Waals surface area contributed by atoms with Gasteiger partial charge in [-0.05, 0) is 18.8 Å². The van der Waals surface area contributed by atoms with E-state index in [0.717, 1.165) is 26.0 Å². The lowest BCUT2D eigenvalue weighted by Crippen LogP contribution is -2.32. The van der Waals surface area contributed by atoms with E-state index in [1.807, 2.05) is 12.1 Å². The van der Waals surface area contributed by atoms with Gasteiger partial charge >= 0.3 is 0 Å². The van der Waals surface area contributed by atoms with E-state index in [4.69, 9.17) is 9.57 Å². The fourth-order valence-electron chi connectivity index (χ4n) is 2.48. The summed E-state index contributed by atoms with van der Waals surface area (Å²) in [5.74, 6) is 1.13. The zero-order valence-corrected chi connectivity index (χ0v) is 13.3. The van der Waals surface area contributed by atoms with E-state index >= 15 is 0 Å². The van der Waals surface area contributed by atoms with Crippen molar-refractivity contribution in [1.82, 2.24) is 5.06 Å². The Kier molecular flexibility index (Phi) is 7.07. The number of hydroxylamine groups is 2. The Balaban J connectivity index is 2.38. The molecule has 0 aromatic carbocycles. The van der Waals surface area contributed by atoms with Crippen molar-refractivity contribution in [3.8, 4) is 0 Å². The van der Waals surface area contributed by atoms with Crippen molar-refractivity contribution >= 4 is 20.5 Å². The van der Waals surface area contributed by atoms with Gasteiger partial charge in [-0.25, -0.2) is 0 Å². The normalized spacial score (nSPS) is 30.3. The zero-order valence-electron chi connectivity index (χ0n) is 12.4. The Morgan fingerprint density at radius 3 is 2.67 bits per heavy atom. The van der Waals surface area contributed by atoms with Crippen LogP contribution in [0.25, 0.3) is 0 Å². The average molecular weight is 273 g/mol. The third-order valence-electron chi connectivity index (χ3n) is 3.26. The Morgan fingerprint density at radius 1 is 1.44 bits per heavy atom. The molecule has 0 spiro atoms. The van der Waals surface area contributed by atoms with Gasteiger partial charge < -0.3 is 4.74 Å². The van der Waals surface area contributed by atoms with Gasteiger partial charge in [0, 0.05) is 30.8 Å². The van der Waals surface area contributed by atoms with Gasteiger partial charge in [-0.1, -0.05) is 20.8 Å². The zero-order chi connectivity index (χ0) is 13.7. The number of hydrogen-bond acceptors (Lipinski definition) is 4. The molecule has 0 aliphatic carbocycles. The lowest BCUT2D eigenvalue weighted by molar-refractivity contribution is -0.158. The average Bonchev–Trinajstić information content (AvgIpc) is 2.55. The van der Waals surface area contributed by atoms with Crippen molar-refractivity contribution in [2.45, 2.75) is 51.0 Å². The van der Waals surface area contributed by atoms with Crippen LogP contribution in [0.15, 0.2) is 0 Å². The molecule has 1 heterocycles. The van der Waals surface area contributed by atoms with Crippen molar-refractivity contribution in [1.29, 1.82) is 0 Å². The van der Waals surface area contributed by atoms with E-state index in [1.165, 1.54) is 0 Å². The molecular formula is C13H28BNO2S. The monoisotopic (exact) mass is 273 g/mol. The summed E-state index contributed by atoms with van der Waals surface area (Å²) in [6.07, 6.45) is 2.48. The molecule has 106 valence electrons. The maximum absolute atomic E-state index is 5.98. The maximum Gasteiger partial charge on any atom is 0.139 e. The minimum Gasteiger partial charge on any atom is -0.384 e. The smallest absolute Gasteiger partial charge is 0.139 e. The van der Waals surface area contributed by atoms with Crippen molar-refractivity contribution in [2.75, 3.05) is 20.2 Å². The van der Waals surface area contributed by atoms with Crippen molar-refractivity contribution in [2.24, 2.45) is 11.8 Å². The van der Waals surface area contributed by atoms with Crippen LogP contribution in [-0.2, 0) is 9.57 Å². The predicted molar refractivity (Wildman–Crippen MR) is 81.8 cm³/mol. The molecule has 18 heavy (non-hydrogen) atoms. The summed E-state index contributed by atoms with van der Waals surface area (Å²) >= 11 is 4.48. The summed E-state index contributed by atoms with van der Waals surface area (Å²) in [5.41, 5.74) is 0. The number of hydrogen-bond donors (Lipinski definition) is 1. The first-order valence-electron chi connectivity index (χ1n) is 7.06. The second-order valence-electron chi connectivity index (χ2n) is 6.07. The molecule has 1 fully saturated rings. The molecule has 3 nitrogen and oxygen atoms in total. The molecule has 1 aliphatic rings. The van der Waals surface area contributed by atoms with Gasteiger partial charge in [0.15, 0.2) is 0 Å². The number of rotatable bonds is 7. The summed E-state index contributed by atoms with van der Waals surface area (Å²) in [7, 11) is 4.18. The van der Waals surface area contributed by atoms with Gasteiger partial charge in [0.25, 0.3) is 0 Å². The van der Waals surface area contributed by atoms with Crippen LogP contribution in [0.5, 0.6) is 0 Å². The molecule has 0 aromatic heterocycles. The molecule has 0 saturated carbocycles. The highest BCUT2D eigenvalue weighted by molar-refractivity contribution is 7.80. The van der Waals surface area contributed by atoms with Crippen LogP contribution in [0.1, 0.15) is 33.6 Å². The van der Waals surface area contributed by atoms with E-state index in [0.29, 0.717) is 29.2 Å². The van der Waals surface area contributed by atoms with Gasteiger partial charge in [0.2, 0.25) is 0 Å². The third kappa shape index (κ3) is 5.96. The minimum absolute atomic E-state index is 0.331. The first-order chi connectivity index (χ1) is 8.38. The van der Waals surface area contributed by atoms with E-state index in [1.54, 1.807) is 0 Å². The standard InChI is InChI=1S/C13H28BNO2S/c1-9(2)8-16-15(4)7-11-6-13(14)17-12(11)5-10(3)18/h9-13,18H,5-8,14H2,1-4H3/t10?,11?,12-,13-/m1/s1. The molecule has 1 aliphatic heterocycles. The number of ether oxygens (including phenoxy) is 1. The Morgan fingerprint density at radius 2 is 2.11 bits per heavy atom. The summed E-state index contributed by atoms with van der Waals surface area (Å²) < 4.78 is 5.98. The van der Waals surface area contributed by atoms with Gasteiger partial charge in [-0.15, -0.1) is 0 Å². The van der Waals surface area contributed by atoms with Crippen LogP contribution >= 0.6 is 12.6 Å². The van der Waals surface area contributed by atoms with Crippen LogP contribution in [0, 0.1) is 11.8 Å². The first-order valence-corrected chi connectivity index (χ1v) is 7.57. The van der Waals surface area contributed by atoms with Crippen LogP contribution in [-0.4, -0.2) is 50.5 Å². The highest BCUT2D eigenvalue weighted by Gasteiger charge is 2.33. The van der Waals surface area contributed by atoms with Crippen molar-refractivity contribution < 1.29 is 9.57 Å². The van der Waals surface area contributed by atoms with E-state index in [9.17, 15) is 0 Å². The third-order valence-corrected chi connectivity index (χ3v) is 3.47. The molecule has 0 radical (unpaired) electrons. The highest BCUT2D eigenvalue weighted by atomic mass is 32.1. The van der Waals surface area contributed by atoms with E-state index < -0.39 is 0 Å². The molecule has 0 N–H and O–H groups in total.